The molecule has 0 aliphatic carbocycles. The molecule has 0 aromatic heterocycles. The number of ether oxygens (including phenoxy) is 2. The van der Waals surface area contributed by atoms with Gasteiger partial charge in [-0.1, -0.05) is 54.6 Å². The molecule has 0 unspecified atom stereocenters. The summed E-state index contributed by atoms with van der Waals surface area (Å²) in [5.41, 5.74) is 2.16. The molecule has 1 atom stereocenters. The molecule has 0 aliphatic heterocycles. The monoisotopic (exact) mass is 595 g/mol. The van der Waals surface area contributed by atoms with Crippen molar-refractivity contribution in [3.05, 3.63) is 90.0 Å². The first-order chi connectivity index (χ1) is 20.2. The number of anilines is 1. The number of sulfonamides is 1. The van der Waals surface area contributed by atoms with Gasteiger partial charge in [-0.2, -0.15) is 0 Å². The van der Waals surface area contributed by atoms with E-state index in [0.717, 1.165) is 17.4 Å². The van der Waals surface area contributed by atoms with Gasteiger partial charge in [0.1, 0.15) is 17.5 Å². The van der Waals surface area contributed by atoms with Crippen molar-refractivity contribution >= 4 is 27.5 Å². The molecular formula is C32H41N3O6S. The van der Waals surface area contributed by atoms with Crippen LogP contribution in [0.1, 0.15) is 37.8 Å². The maximum Gasteiger partial charge on any atom is 0.243 e. The number of hydrogen-bond acceptors (Lipinski definition) is 6. The molecule has 0 saturated carbocycles. The zero-order valence-electron chi connectivity index (χ0n) is 24.8. The summed E-state index contributed by atoms with van der Waals surface area (Å²) < 4.78 is 37.9. The SMILES string of the molecule is CCNC(=O)[C@@H](Cc1ccccc1)N(Cc1cccc(OC)c1)C(=O)CCCN(c1ccccc1OCC)S(C)(=O)=O. The Balaban J connectivity index is 1.89. The van der Waals surface area contributed by atoms with Crippen molar-refractivity contribution < 1.29 is 27.5 Å². The second-order valence-corrected chi connectivity index (χ2v) is 11.7. The van der Waals surface area contributed by atoms with Crippen molar-refractivity contribution in [2.45, 2.75) is 45.7 Å². The van der Waals surface area contributed by atoms with Gasteiger partial charge in [-0.05, 0) is 55.7 Å². The molecule has 10 heteroatoms. The molecule has 0 aliphatic rings. The molecule has 0 bridgehead atoms. The summed E-state index contributed by atoms with van der Waals surface area (Å²) in [5.74, 6) is 0.599. The summed E-state index contributed by atoms with van der Waals surface area (Å²) in [6, 6.07) is 23.1. The number of nitrogens with zero attached hydrogens (tertiary/aromatic N) is 2. The lowest BCUT2D eigenvalue weighted by atomic mass is 10.0. The summed E-state index contributed by atoms with van der Waals surface area (Å²) in [6.45, 7) is 4.74. The summed E-state index contributed by atoms with van der Waals surface area (Å²) >= 11 is 0. The molecule has 1 N–H and O–H groups in total. The van der Waals surface area contributed by atoms with E-state index in [2.05, 4.69) is 5.32 Å². The van der Waals surface area contributed by atoms with Gasteiger partial charge in [-0.3, -0.25) is 13.9 Å². The van der Waals surface area contributed by atoms with Gasteiger partial charge in [-0.15, -0.1) is 0 Å². The molecule has 2 amide bonds. The van der Waals surface area contributed by atoms with E-state index in [1.165, 1.54) is 4.31 Å². The highest BCUT2D eigenvalue weighted by Gasteiger charge is 2.30. The molecule has 42 heavy (non-hydrogen) atoms. The van der Waals surface area contributed by atoms with Gasteiger partial charge < -0.3 is 19.7 Å². The van der Waals surface area contributed by atoms with Crippen molar-refractivity contribution in [1.29, 1.82) is 0 Å². The molecule has 0 heterocycles. The maximum atomic E-state index is 13.9. The zero-order chi connectivity index (χ0) is 30.5. The fourth-order valence-corrected chi connectivity index (χ4v) is 5.71. The third-order valence-corrected chi connectivity index (χ3v) is 7.88. The van der Waals surface area contributed by atoms with E-state index in [1.807, 2.05) is 68.4 Å². The van der Waals surface area contributed by atoms with Gasteiger partial charge in [0, 0.05) is 32.5 Å². The fourth-order valence-electron chi connectivity index (χ4n) is 4.74. The largest absolute Gasteiger partial charge is 0.497 e. The first kappa shape index (κ1) is 32.5. The topological polar surface area (TPSA) is 105 Å². The van der Waals surface area contributed by atoms with Crippen LogP contribution in [0.3, 0.4) is 0 Å². The number of hydrogen-bond donors (Lipinski definition) is 1. The number of nitrogens with one attached hydrogen (secondary N) is 1. The van der Waals surface area contributed by atoms with Crippen LogP contribution in [0, 0.1) is 0 Å². The van der Waals surface area contributed by atoms with Crippen molar-refractivity contribution in [3.63, 3.8) is 0 Å². The fraction of sp³-hybridized carbons (Fsp3) is 0.375. The van der Waals surface area contributed by atoms with Crippen LogP contribution < -0.4 is 19.1 Å². The van der Waals surface area contributed by atoms with E-state index in [-0.39, 0.29) is 37.7 Å². The highest BCUT2D eigenvalue weighted by atomic mass is 32.2. The van der Waals surface area contributed by atoms with Gasteiger partial charge in [0.2, 0.25) is 21.8 Å². The number of para-hydroxylation sites is 2. The number of carbonyl (C=O) groups is 2. The minimum Gasteiger partial charge on any atom is -0.497 e. The summed E-state index contributed by atoms with van der Waals surface area (Å²) in [7, 11) is -2.09. The first-order valence-corrected chi connectivity index (χ1v) is 16.0. The molecule has 0 spiro atoms. The molecule has 3 aromatic rings. The maximum absolute atomic E-state index is 13.9. The highest BCUT2D eigenvalue weighted by molar-refractivity contribution is 7.92. The van der Waals surface area contributed by atoms with E-state index in [1.54, 1.807) is 36.3 Å². The number of amides is 2. The molecule has 0 saturated heterocycles. The van der Waals surface area contributed by atoms with Gasteiger partial charge in [0.25, 0.3) is 0 Å². The van der Waals surface area contributed by atoms with Crippen LogP contribution in [-0.2, 0) is 32.6 Å². The second-order valence-electron chi connectivity index (χ2n) is 9.81. The Hall–Kier alpha value is -4.05. The smallest absolute Gasteiger partial charge is 0.243 e. The molecule has 0 fully saturated rings. The van der Waals surface area contributed by atoms with E-state index in [4.69, 9.17) is 9.47 Å². The van der Waals surface area contributed by atoms with Crippen molar-refractivity contribution in [1.82, 2.24) is 10.2 Å². The van der Waals surface area contributed by atoms with Crippen LogP contribution in [-0.4, -0.2) is 64.2 Å². The van der Waals surface area contributed by atoms with Gasteiger partial charge >= 0.3 is 0 Å². The molecule has 3 rings (SSSR count). The Morgan fingerprint density at radius 1 is 0.929 bits per heavy atom. The number of rotatable bonds is 16. The van der Waals surface area contributed by atoms with E-state index >= 15 is 0 Å². The Bertz CT molecular complexity index is 1410. The predicted molar refractivity (Wildman–Crippen MR) is 165 cm³/mol. The Morgan fingerprint density at radius 2 is 1.62 bits per heavy atom. The number of methoxy groups -OCH3 is 1. The van der Waals surface area contributed by atoms with Crippen LogP contribution >= 0.6 is 0 Å². The Labute approximate surface area is 249 Å². The zero-order valence-corrected chi connectivity index (χ0v) is 25.6. The van der Waals surface area contributed by atoms with Gasteiger partial charge in [-0.25, -0.2) is 8.42 Å². The Morgan fingerprint density at radius 3 is 2.29 bits per heavy atom. The lowest BCUT2D eigenvalue weighted by Crippen LogP contribution is -2.50. The first-order valence-electron chi connectivity index (χ1n) is 14.1. The highest BCUT2D eigenvalue weighted by Crippen LogP contribution is 2.30. The normalized spacial score (nSPS) is 11.8. The predicted octanol–water partition coefficient (Wildman–Crippen LogP) is 4.42. The molecule has 0 radical (unpaired) electrons. The van der Waals surface area contributed by atoms with Crippen molar-refractivity contribution in [3.8, 4) is 11.5 Å². The lowest BCUT2D eigenvalue weighted by Gasteiger charge is -2.32. The lowest BCUT2D eigenvalue weighted by molar-refractivity contribution is -0.141. The van der Waals surface area contributed by atoms with Crippen LogP contribution in [0.4, 0.5) is 5.69 Å². The van der Waals surface area contributed by atoms with Crippen molar-refractivity contribution in [2.75, 3.05) is 37.4 Å². The van der Waals surface area contributed by atoms with Crippen molar-refractivity contribution in [2.24, 2.45) is 0 Å². The summed E-state index contributed by atoms with van der Waals surface area (Å²) in [4.78, 5) is 28.9. The van der Waals surface area contributed by atoms with E-state index < -0.39 is 16.1 Å². The molecule has 9 nitrogen and oxygen atoms in total. The van der Waals surface area contributed by atoms with Gasteiger partial charge in [0.15, 0.2) is 0 Å². The van der Waals surface area contributed by atoms with Crippen LogP contribution in [0.5, 0.6) is 11.5 Å². The number of benzene rings is 3. The third kappa shape index (κ3) is 9.24. The van der Waals surface area contributed by atoms with Crippen LogP contribution in [0.15, 0.2) is 78.9 Å². The van der Waals surface area contributed by atoms with Crippen LogP contribution in [0.2, 0.25) is 0 Å². The van der Waals surface area contributed by atoms with Crippen LogP contribution in [0.25, 0.3) is 0 Å². The van der Waals surface area contributed by atoms with Gasteiger partial charge in [0.05, 0.1) is 25.7 Å². The van der Waals surface area contributed by atoms with E-state index in [0.29, 0.717) is 36.8 Å². The minimum atomic E-state index is -3.66. The Kier molecular flexibility index (Phi) is 12.2. The summed E-state index contributed by atoms with van der Waals surface area (Å²) in [6.07, 6.45) is 1.75. The molecular weight excluding hydrogens is 554 g/mol. The molecule has 3 aromatic carbocycles. The quantitative estimate of drug-likeness (QED) is 0.263. The average Bonchev–Trinajstić information content (AvgIpc) is 2.98. The summed E-state index contributed by atoms with van der Waals surface area (Å²) in [5, 5.41) is 2.88. The average molecular weight is 596 g/mol. The number of carbonyl (C=O) groups excluding carboxylic acids is 2. The third-order valence-electron chi connectivity index (χ3n) is 6.70. The number of likely N-dealkylation sites (N-methyl/N-ethyl adjacent to an activating group) is 1. The minimum absolute atomic E-state index is 0.0392. The standard InChI is InChI=1S/C32H41N3O6S/c1-5-33-32(37)29(23-25-14-8-7-9-15-25)34(24-26-16-12-17-27(22-26)40-3)31(36)20-13-21-35(42(4,38)39)28-18-10-11-19-30(28)41-6-2/h7-12,14-19,22,29H,5-6,13,20-21,23-24H2,1-4H3,(H,33,37)/t29-/m1/s1. The van der Waals surface area contributed by atoms with E-state index in [9.17, 15) is 18.0 Å². The molecule has 226 valence electrons. The second kappa shape index (κ2) is 15.8.